The SMILES string of the molecule is CC(C)[C@H]1CC[C@H](Nc2nccc(-n3ncc4c(OCCCNS(C)(=O)=O)cccc43)n2)CC1. The van der Waals surface area contributed by atoms with Gasteiger partial charge in [-0.1, -0.05) is 19.9 Å². The quantitative estimate of drug-likeness (QED) is 0.420. The fourth-order valence-electron chi connectivity index (χ4n) is 4.49. The third-order valence-electron chi connectivity index (χ3n) is 6.42. The Balaban J connectivity index is 1.42. The Kier molecular flexibility index (Phi) is 7.67. The highest BCUT2D eigenvalue weighted by Gasteiger charge is 2.23. The number of anilines is 1. The van der Waals surface area contributed by atoms with Crippen molar-refractivity contribution in [1.82, 2.24) is 24.5 Å². The van der Waals surface area contributed by atoms with Crippen LogP contribution in [0, 0.1) is 11.8 Å². The van der Waals surface area contributed by atoms with E-state index in [2.05, 4.69) is 34.0 Å². The molecule has 0 radical (unpaired) electrons. The lowest BCUT2D eigenvalue weighted by Crippen LogP contribution is -2.28. The van der Waals surface area contributed by atoms with E-state index in [1.54, 1.807) is 17.1 Å². The molecule has 184 valence electrons. The van der Waals surface area contributed by atoms with Crippen molar-refractivity contribution in [3.63, 3.8) is 0 Å². The number of nitrogens with zero attached hydrogens (tertiary/aromatic N) is 4. The van der Waals surface area contributed by atoms with Gasteiger partial charge < -0.3 is 10.1 Å². The Morgan fingerprint density at radius 3 is 2.71 bits per heavy atom. The minimum absolute atomic E-state index is 0.337. The molecule has 34 heavy (non-hydrogen) atoms. The van der Waals surface area contributed by atoms with Crippen LogP contribution in [0.15, 0.2) is 36.7 Å². The van der Waals surface area contributed by atoms with E-state index in [0.29, 0.717) is 43.1 Å². The topological polar surface area (TPSA) is 111 Å². The van der Waals surface area contributed by atoms with Crippen molar-refractivity contribution in [1.29, 1.82) is 0 Å². The van der Waals surface area contributed by atoms with Gasteiger partial charge in [-0.25, -0.2) is 22.8 Å². The highest BCUT2D eigenvalue weighted by molar-refractivity contribution is 7.88. The van der Waals surface area contributed by atoms with E-state index < -0.39 is 10.0 Å². The maximum Gasteiger partial charge on any atom is 0.224 e. The number of aromatic nitrogens is 4. The van der Waals surface area contributed by atoms with E-state index in [0.717, 1.165) is 41.8 Å². The van der Waals surface area contributed by atoms with Crippen LogP contribution in [0.25, 0.3) is 16.7 Å². The molecule has 0 amide bonds. The molecule has 0 bridgehead atoms. The molecular formula is C24H34N6O3S. The van der Waals surface area contributed by atoms with Crippen LogP contribution in [0.3, 0.4) is 0 Å². The standard InChI is InChI=1S/C24H34N6O3S/c1-17(2)18-8-10-19(11-9-18)28-24-25-14-12-23(29-24)30-21-6-4-7-22(20(21)16-26-30)33-15-5-13-27-34(3,31)32/h4,6-7,12,14,16-19,27H,5,8-11,13,15H2,1-3H3,(H,25,28,29)/t18-,19-. The van der Waals surface area contributed by atoms with Crippen LogP contribution in [-0.4, -0.2) is 53.6 Å². The van der Waals surface area contributed by atoms with Gasteiger partial charge in [0.2, 0.25) is 16.0 Å². The Morgan fingerprint density at radius 1 is 1.18 bits per heavy atom. The van der Waals surface area contributed by atoms with Crippen molar-refractivity contribution in [3.05, 3.63) is 36.7 Å². The second kappa shape index (κ2) is 10.7. The van der Waals surface area contributed by atoms with Crippen molar-refractivity contribution >= 4 is 26.9 Å². The normalized spacial score (nSPS) is 18.9. The summed E-state index contributed by atoms with van der Waals surface area (Å²) in [4.78, 5) is 9.16. The van der Waals surface area contributed by atoms with Crippen LogP contribution < -0.4 is 14.8 Å². The molecule has 3 aromatic rings. The Labute approximate surface area is 201 Å². The lowest BCUT2D eigenvalue weighted by molar-refractivity contribution is 0.266. The highest BCUT2D eigenvalue weighted by Crippen LogP contribution is 2.31. The molecule has 1 fully saturated rings. The Bertz CT molecular complexity index is 1200. The average Bonchev–Trinajstić information content (AvgIpc) is 3.24. The second-order valence-corrected chi connectivity index (χ2v) is 11.2. The molecule has 0 unspecified atom stereocenters. The van der Waals surface area contributed by atoms with Crippen molar-refractivity contribution in [2.75, 3.05) is 24.7 Å². The summed E-state index contributed by atoms with van der Waals surface area (Å²) in [5.74, 6) is 3.58. The first-order valence-electron chi connectivity index (χ1n) is 11.9. The van der Waals surface area contributed by atoms with Gasteiger partial charge in [0.1, 0.15) is 5.75 Å². The molecule has 4 rings (SSSR count). The van der Waals surface area contributed by atoms with Gasteiger partial charge in [-0.15, -0.1) is 0 Å². The molecule has 1 aliphatic rings. The maximum absolute atomic E-state index is 11.2. The van der Waals surface area contributed by atoms with Crippen molar-refractivity contribution in [3.8, 4) is 11.6 Å². The number of hydrogen-bond acceptors (Lipinski definition) is 7. The molecule has 0 saturated heterocycles. The summed E-state index contributed by atoms with van der Waals surface area (Å²) in [6, 6.07) is 8.02. The lowest BCUT2D eigenvalue weighted by Gasteiger charge is -2.31. The van der Waals surface area contributed by atoms with E-state index >= 15 is 0 Å². The average molecular weight is 487 g/mol. The van der Waals surface area contributed by atoms with Crippen molar-refractivity contribution < 1.29 is 13.2 Å². The van der Waals surface area contributed by atoms with Gasteiger partial charge >= 0.3 is 0 Å². The molecule has 0 spiro atoms. The maximum atomic E-state index is 11.2. The summed E-state index contributed by atoms with van der Waals surface area (Å²) < 4.78 is 32.5. The van der Waals surface area contributed by atoms with Crippen LogP contribution in [0.2, 0.25) is 0 Å². The Morgan fingerprint density at radius 2 is 1.97 bits per heavy atom. The lowest BCUT2D eigenvalue weighted by atomic mass is 9.80. The smallest absolute Gasteiger partial charge is 0.224 e. The molecule has 1 aliphatic carbocycles. The van der Waals surface area contributed by atoms with Crippen LogP contribution in [-0.2, 0) is 10.0 Å². The first-order chi connectivity index (χ1) is 16.3. The van der Waals surface area contributed by atoms with E-state index in [1.807, 2.05) is 24.3 Å². The van der Waals surface area contributed by atoms with Gasteiger partial charge in [0, 0.05) is 24.8 Å². The summed E-state index contributed by atoms with van der Waals surface area (Å²) in [6.45, 7) is 5.36. The molecule has 2 heterocycles. The second-order valence-electron chi connectivity index (χ2n) is 9.35. The zero-order valence-corrected chi connectivity index (χ0v) is 20.9. The molecule has 0 atom stereocenters. The third kappa shape index (κ3) is 6.24. The monoisotopic (exact) mass is 486 g/mol. The number of hydrogen-bond donors (Lipinski definition) is 2. The van der Waals surface area contributed by atoms with Gasteiger partial charge in [0.25, 0.3) is 0 Å². The molecule has 2 aromatic heterocycles. The third-order valence-corrected chi connectivity index (χ3v) is 7.15. The molecule has 10 heteroatoms. The zero-order chi connectivity index (χ0) is 24.1. The zero-order valence-electron chi connectivity index (χ0n) is 20.1. The molecule has 9 nitrogen and oxygen atoms in total. The van der Waals surface area contributed by atoms with Crippen LogP contribution in [0.5, 0.6) is 5.75 Å². The highest BCUT2D eigenvalue weighted by atomic mass is 32.2. The first-order valence-corrected chi connectivity index (χ1v) is 13.8. The van der Waals surface area contributed by atoms with Gasteiger partial charge in [-0.3, -0.25) is 0 Å². The van der Waals surface area contributed by atoms with Gasteiger partial charge in [-0.2, -0.15) is 10.1 Å². The summed E-state index contributed by atoms with van der Waals surface area (Å²) >= 11 is 0. The van der Waals surface area contributed by atoms with Crippen LogP contribution >= 0.6 is 0 Å². The largest absolute Gasteiger partial charge is 0.493 e. The first kappa shape index (κ1) is 24.4. The fraction of sp³-hybridized carbons (Fsp3) is 0.542. The molecule has 0 aliphatic heterocycles. The van der Waals surface area contributed by atoms with Crippen molar-refractivity contribution in [2.24, 2.45) is 11.8 Å². The Hall–Kier alpha value is -2.72. The number of fused-ring (bicyclic) bond motifs is 1. The van der Waals surface area contributed by atoms with Crippen molar-refractivity contribution in [2.45, 2.75) is 52.0 Å². The van der Waals surface area contributed by atoms with Crippen LogP contribution in [0.4, 0.5) is 5.95 Å². The molecule has 1 saturated carbocycles. The van der Waals surface area contributed by atoms with Gasteiger partial charge in [0.05, 0.1) is 30.0 Å². The summed E-state index contributed by atoms with van der Waals surface area (Å²) in [6.07, 6.45) is 10.0. The van der Waals surface area contributed by atoms with E-state index in [4.69, 9.17) is 9.72 Å². The number of rotatable bonds is 10. The number of ether oxygens (including phenoxy) is 1. The van der Waals surface area contributed by atoms with Gasteiger partial charge in [-0.05, 0) is 56.1 Å². The fourth-order valence-corrected chi connectivity index (χ4v) is 5.01. The molecule has 1 aromatic carbocycles. The van der Waals surface area contributed by atoms with E-state index in [-0.39, 0.29) is 0 Å². The predicted octanol–water partition coefficient (Wildman–Crippen LogP) is 3.76. The van der Waals surface area contributed by atoms with E-state index in [1.165, 1.54) is 12.8 Å². The predicted molar refractivity (Wildman–Crippen MR) is 134 cm³/mol. The van der Waals surface area contributed by atoms with Crippen LogP contribution in [0.1, 0.15) is 46.0 Å². The minimum atomic E-state index is -3.19. The number of benzene rings is 1. The number of nitrogens with one attached hydrogen (secondary N) is 2. The minimum Gasteiger partial charge on any atom is -0.493 e. The molecule has 2 N–H and O–H groups in total. The summed E-state index contributed by atoms with van der Waals surface area (Å²) in [7, 11) is -3.19. The van der Waals surface area contributed by atoms with E-state index in [9.17, 15) is 8.42 Å². The summed E-state index contributed by atoms with van der Waals surface area (Å²) in [5, 5.41) is 8.94. The number of sulfonamides is 1. The molecular weight excluding hydrogens is 452 g/mol. The summed E-state index contributed by atoms with van der Waals surface area (Å²) in [5.41, 5.74) is 0.883. The van der Waals surface area contributed by atoms with Gasteiger partial charge in [0.15, 0.2) is 5.82 Å².